The van der Waals surface area contributed by atoms with Crippen LogP contribution < -0.4 is 10.3 Å². The van der Waals surface area contributed by atoms with Gasteiger partial charge in [-0.05, 0) is 49.6 Å². The highest BCUT2D eigenvalue weighted by Gasteiger charge is 2.19. The number of aromatic nitrogens is 1. The summed E-state index contributed by atoms with van der Waals surface area (Å²) in [5, 5.41) is 10.8. The number of nitrogens with zero attached hydrogens (tertiary/aromatic N) is 2. The highest BCUT2D eigenvalue weighted by atomic mass is 35.5. The largest absolute Gasteiger partial charge is 0.480 e. The zero-order valence-electron chi connectivity index (χ0n) is 14.5. The molecule has 3 aromatic rings. The summed E-state index contributed by atoms with van der Waals surface area (Å²) in [7, 11) is 0. The van der Waals surface area contributed by atoms with E-state index in [1.54, 1.807) is 22.8 Å². The van der Waals surface area contributed by atoms with Crippen LogP contribution in [0.25, 0.3) is 21.8 Å². The quantitative estimate of drug-likeness (QED) is 0.650. The molecule has 1 aliphatic rings. The predicted molar refractivity (Wildman–Crippen MR) is 109 cm³/mol. The molecule has 0 bridgehead atoms. The molecule has 1 N–H and O–H groups in total. The summed E-state index contributed by atoms with van der Waals surface area (Å²) in [6.45, 7) is 1.60. The topological polar surface area (TPSA) is 62.5 Å². The number of halogens is 2. The zero-order chi connectivity index (χ0) is 19.1. The number of hydrogen-bond acceptors (Lipinski definition) is 3. The first kappa shape index (κ1) is 18.1. The molecule has 0 amide bonds. The lowest BCUT2D eigenvalue weighted by Crippen LogP contribution is -2.29. The van der Waals surface area contributed by atoms with E-state index in [0.29, 0.717) is 21.8 Å². The summed E-state index contributed by atoms with van der Waals surface area (Å²) >= 11 is 12.5. The van der Waals surface area contributed by atoms with Crippen LogP contribution >= 0.6 is 23.2 Å². The van der Waals surface area contributed by atoms with Gasteiger partial charge in [0.15, 0.2) is 5.43 Å². The van der Waals surface area contributed by atoms with Gasteiger partial charge in [-0.15, -0.1) is 0 Å². The first-order valence-electron chi connectivity index (χ1n) is 8.88. The van der Waals surface area contributed by atoms with Crippen LogP contribution in [0.15, 0.2) is 35.1 Å². The van der Waals surface area contributed by atoms with E-state index < -0.39 is 5.97 Å². The molecule has 1 saturated heterocycles. The van der Waals surface area contributed by atoms with Gasteiger partial charge in [0.2, 0.25) is 0 Å². The molecule has 0 atom stereocenters. The number of fused-ring (bicyclic) bond motifs is 2. The van der Waals surface area contributed by atoms with E-state index in [0.717, 1.165) is 31.6 Å². The number of carboxylic acid groups (broad SMARTS) is 1. The molecule has 1 fully saturated rings. The summed E-state index contributed by atoms with van der Waals surface area (Å²) in [5.41, 5.74) is 1.73. The van der Waals surface area contributed by atoms with Gasteiger partial charge in [-0.3, -0.25) is 9.59 Å². The molecular formula is C20H18Cl2N2O3. The van der Waals surface area contributed by atoms with E-state index in [1.807, 2.05) is 12.1 Å². The predicted octanol–water partition coefficient (Wildman–Crippen LogP) is 4.54. The fourth-order valence-electron chi connectivity index (χ4n) is 3.84. The third-order valence-corrected chi connectivity index (χ3v) is 5.91. The molecule has 0 unspecified atom stereocenters. The average Bonchev–Trinajstić information content (AvgIpc) is 2.67. The Bertz CT molecular complexity index is 1120. The summed E-state index contributed by atoms with van der Waals surface area (Å²) in [6, 6.07) is 8.77. The van der Waals surface area contributed by atoms with Crippen LogP contribution in [0.3, 0.4) is 0 Å². The number of carbonyl (C=O) groups is 1. The number of anilines is 1. The highest BCUT2D eigenvalue weighted by Crippen LogP contribution is 2.33. The van der Waals surface area contributed by atoms with Crippen LogP contribution in [-0.4, -0.2) is 28.7 Å². The lowest BCUT2D eigenvalue weighted by atomic mass is 10.1. The van der Waals surface area contributed by atoms with Crippen molar-refractivity contribution in [1.29, 1.82) is 0 Å². The van der Waals surface area contributed by atoms with Crippen LogP contribution in [0.4, 0.5) is 5.69 Å². The second kappa shape index (κ2) is 7.06. The molecule has 0 spiro atoms. The van der Waals surface area contributed by atoms with Crippen molar-refractivity contribution in [2.24, 2.45) is 0 Å². The minimum absolute atomic E-state index is 0.176. The molecule has 140 valence electrons. The zero-order valence-corrected chi connectivity index (χ0v) is 16.1. The Morgan fingerprint density at radius 1 is 1.04 bits per heavy atom. The van der Waals surface area contributed by atoms with Crippen molar-refractivity contribution in [1.82, 2.24) is 4.57 Å². The van der Waals surface area contributed by atoms with Crippen LogP contribution in [0.2, 0.25) is 10.0 Å². The molecule has 0 radical (unpaired) electrons. The SMILES string of the molecule is O=C(O)Cn1c2cc(N3CCCCC3)ccc2c(=O)c2ccc(Cl)c(Cl)c21. The molecule has 0 saturated carbocycles. The van der Waals surface area contributed by atoms with Gasteiger partial charge in [0, 0.05) is 29.5 Å². The van der Waals surface area contributed by atoms with Crippen molar-refractivity contribution >= 4 is 56.7 Å². The number of aliphatic carboxylic acids is 1. The lowest BCUT2D eigenvalue weighted by Gasteiger charge is -2.29. The van der Waals surface area contributed by atoms with Crippen molar-refractivity contribution in [3.63, 3.8) is 0 Å². The summed E-state index contributed by atoms with van der Waals surface area (Å²) in [5.74, 6) is -1.01. The second-order valence-corrected chi connectivity index (χ2v) is 7.60. The minimum Gasteiger partial charge on any atom is -0.480 e. The Kier molecular flexibility index (Phi) is 4.74. The molecular weight excluding hydrogens is 387 g/mol. The standard InChI is InChI=1S/C20H18Cl2N2O3/c21-15-7-6-14-19(18(15)22)24(11-17(25)26)16-10-12(4-5-13(16)20(14)27)23-8-2-1-3-9-23/h4-7,10H,1-3,8-9,11H2,(H,25,26). The van der Waals surface area contributed by atoms with Crippen molar-refractivity contribution in [2.75, 3.05) is 18.0 Å². The maximum Gasteiger partial charge on any atom is 0.323 e. The van der Waals surface area contributed by atoms with Crippen LogP contribution in [0.5, 0.6) is 0 Å². The molecule has 1 aliphatic heterocycles. The first-order chi connectivity index (χ1) is 13.0. The lowest BCUT2D eigenvalue weighted by molar-refractivity contribution is -0.137. The van der Waals surface area contributed by atoms with E-state index in [-0.39, 0.29) is 22.0 Å². The number of benzene rings is 2. The van der Waals surface area contributed by atoms with Crippen LogP contribution in [-0.2, 0) is 11.3 Å². The Labute approximate surface area is 165 Å². The molecule has 1 aromatic heterocycles. The third kappa shape index (κ3) is 3.15. The van der Waals surface area contributed by atoms with E-state index >= 15 is 0 Å². The Hall–Kier alpha value is -2.24. The van der Waals surface area contributed by atoms with E-state index in [4.69, 9.17) is 23.2 Å². The molecule has 7 heteroatoms. The normalized spacial score (nSPS) is 14.8. The van der Waals surface area contributed by atoms with Gasteiger partial charge in [-0.25, -0.2) is 0 Å². The minimum atomic E-state index is -1.01. The highest BCUT2D eigenvalue weighted by molar-refractivity contribution is 6.45. The number of pyridine rings is 1. The van der Waals surface area contributed by atoms with Crippen LogP contribution in [0, 0.1) is 0 Å². The summed E-state index contributed by atoms with van der Waals surface area (Å²) < 4.78 is 1.58. The first-order valence-corrected chi connectivity index (χ1v) is 9.64. The van der Waals surface area contributed by atoms with E-state index in [2.05, 4.69) is 4.90 Å². The second-order valence-electron chi connectivity index (χ2n) is 6.82. The van der Waals surface area contributed by atoms with Gasteiger partial charge < -0.3 is 14.6 Å². The van der Waals surface area contributed by atoms with Gasteiger partial charge in [0.05, 0.1) is 21.1 Å². The van der Waals surface area contributed by atoms with Crippen molar-refractivity contribution in [2.45, 2.75) is 25.8 Å². The third-order valence-electron chi connectivity index (χ3n) is 5.11. The van der Waals surface area contributed by atoms with Gasteiger partial charge in [0.1, 0.15) is 6.54 Å². The van der Waals surface area contributed by atoms with Gasteiger partial charge in [0.25, 0.3) is 0 Å². The molecule has 27 heavy (non-hydrogen) atoms. The monoisotopic (exact) mass is 404 g/mol. The maximum absolute atomic E-state index is 13.0. The Morgan fingerprint density at radius 3 is 2.44 bits per heavy atom. The number of carboxylic acids is 1. The molecule has 4 rings (SSSR count). The Morgan fingerprint density at radius 2 is 1.74 bits per heavy atom. The number of hydrogen-bond donors (Lipinski definition) is 1. The van der Waals surface area contributed by atoms with E-state index in [9.17, 15) is 14.7 Å². The van der Waals surface area contributed by atoms with Crippen molar-refractivity contribution in [3.05, 3.63) is 50.6 Å². The number of rotatable bonds is 3. The maximum atomic E-state index is 13.0. The molecule has 5 nitrogen and oxygen atoms in total. The fourth-order valence-corrected chi connectivity index (χ4v) is 4.26. The molecule has 2 heterocycles. The van der Waals surface area contributed by atoms with Crippen LogP contribution in [0.1, 0.15) is 19.3 Å². The van der Waals surface area contributed by atoms with Gasteiger partial charge in [-0.2, -0.15) is 0 Å². The van der Waals surface area contributed by atoms with Gasteiger partial charge >= 0.3 is 5.97 Å². The Balaban J connectivity index is 2.07. The number of piperidine rings is 1. The summed E-state index contributed by atoms with van der Waals surface area (Å²) in [4.78, 5) is 26.8. The van der Waals surface area contributed by atoms with Crippen molar-refractivity contribution < 1.29 is 9.90 Å². The van der Waals surface area contributed by atoms with Gasteiger partial charge in [-0.1, -0.05) is 23.2 Å². The van der Waals surface area contributed by atoms with Crippen molar-refractivity contribution in [3.8, 4) is 0 Å². The average molecular weight is 405 g/mol. The smallest absolute Gasteiger partial charge is 0.323 e. The summed E-state index contributed by atoms with van der Waals surface area (Å²) in [6.07, 6.45) is 3.46. The molecule has 0 aliphatic carbocycles. The molecule has 2 aromatic carbocycles. The fraction of sp³-hybridized carbons (Fsp3) is 0.300. The van der Waals surface area contributed by atoms with E-state index in [1.165, 1.54) is 6.42 Å².